The van der Waals surface area contributed by atoms with Crippen LogP contribution in [0.15, 0.2) is 15.9 Å². The molecule has 1 saturated heterocycles. The molecule has 1 N–H and O–H groups in total. The monoisotopic (exact) mass is 372 g/mol. The quantitative estimate of drug-likeness (QED) is 0.883. The largest absolute Gasteiger partial charge is 0.340 e. The number of nitrogens with zero attached hydrogens (tertiary/aromatic N) is 1. The second kappa shape index (κ2) is 6.08. The Labute approximate surface area is 138 Å². The van der Waals surface area contributed by atoms with Gasteiger partial charge in [0.15, 0.2) is 0 Å². The number of thiophene rings is 1. The van der Waals surface area contributed by atoms with Crippen molar-refractivity contribution < 1.29 is 9.59 Å². The Hall–Kier alpha value is -0.880. The van der Waals surface area contributed by atoms with Gasteiger partial charge in [0, 0.05) is 11.4 Å². The molecule has 21 heavy (non-hydrogen) atoms. The van der Waals surface area contributed by atoms with E-state index >= 15 is 0 Å². The van der Waals surface area contributed by atoms with Crippen LogP contribution in [0.1, 0.15) is 32.6 Å². The summed E-state index contributed by atoms with van der Waals surface area (Å²) >= 11 is 5.11. The van der Waals surface area contributed by atoms with Gasteiger partial charge in [-0.1, -0.05) is 13.8 Å². The molecular formula is C15H21BrN2O2S. The molecule has 1 aromatic rings. The first-order valence-electron chi connectivity index (χ1n) is 7.09. The van der Waals surface area contributed by atoms with Crippen molar-refractivity contribution in [2.45, 2.75) is 45.7 Å². The minimum absolute atomic E-state index is 0.00331. The summed E-state index contributed by atoms with van der Waals surface area (Å²) in [6, 6.07) is 3.68. The van der Waals surface area contributed by atoms with Crippen molar-refractivity contribution in [2.75, 3.05) is 6.54 Å². The molecular weight excluding hydrogens is 352 g/mol. The van der Waals surface area contributed by atoms with E-state index in [2.05, 4.69) is 27.3 Å². The molecule has 1 unspecified atom stereocenters. The Kier molecular flexibility index (Phi) is 4.78. The fraction of sp³-hybridized carbons (Fsp3) is 0.600. The summed E-state index contributed by atoms with van der Waals surface area (Å²) in [5, 5.41) is 2.83. The zero-order valence-electron chi connectivity index (χ0n) is 12.8. The minimum Gasteiger partial charge on any atom is -0.340 e. The molecule has 1 aliphatic rings. The van der Waals surface area contributed by atoms with Crippen LogP contribution in [-0.4, -0.2) is 34.8 Å². The van der Waals surface area contributed by atoms with Crippen LogP contribution in [0.3, 0.4) is 0 Å². The third kappa shape index (κ3) is 3.48. The molecule has 0 aromatic carbocycles. The maximum atomic E-state index is 12.6. The van der Waals surface area contributed by atoms with E-state index in [1.807, 2.05) is 19.9 Å². The fourth-order valence-electron chi connectivity index (χ4n) is 2.68. The summed E-state index contributed by atoms with van der Waals surface area (Å²) in [7, 11) is 0. The Bertz CT molecular complexity index is 554. The Morgan fingerprint density at radius 1 is 1.38 bits per heavy atom. The highest BCUT2D eigenvalue weighted by molar-refractivity contribution is 9.11. The van der Waals surface area contributed by atoms with E-state index in [0.717, 1.165) is 10.2 Å². The number of carbonyl (C=O) groups is 2. The lowest BCUT2D eigenvalue weighted by molar-refractivity contribution is -0.155. The lowest BCUT2D eigenvalue weighted by atomic mass is 9.91. The van der Waals surface area contributed by atoms with Crippen LogP contribution in [0, 0.1) is 5.92 Å². The predicted octanol–water partition coefficient (Wildman–Crippen LogP) is 2.81. The van der Waals surface area contributed by atoms with Gasteiger partial charge in [0.25, 0.3) is 0 Å². The summed E-state index contributed by atoms with van der Waals surface area (Å²) < 4.78 is 1.08. The van der Waals surface area contributed by atoms with Crippen LogP contribution in [0.2, 0.25) is 0 Å². The van der Waals surface area contributed by atoms with Gasteiger partial charge < -0.3 is 10.2 Å². The van der Waals surface area contributed by atoms with Gasteiger partial charge >= 0.3 is 0 Å². The molecule has 1 aliphatic heterocycles. The van der Waals surface area contributed by atoms with Gasteiger partial charge in [-0.15, -0.1) is 11.3 Å². The van der Waals surface area contributed by atoms with Gasteiger partial charge in [-0.2, -0.15) is 0 Å². The van der Waals surface area contributed by atoms with Crippen LogP contribution in [0.4, 0.5) is 0 Å². The molecule has 0 spiro atoms. The van der Waals surface area contributed by atoms with Crippen molar-refractivity contribution in [1.29, 1.82) is 0 Å². The standard InChI is InChI=1S/C15H21BrN2O2S/c1-9(2)12-13(19)17-15(3,4)14(20)18(12)8-7-10-5-6-11(16)21-10/h5-6,9,12H,7-8H2,1-4H3,(H,17,19). The van der Waals surface area contributed by atoms with E-state index in [9.17, 15) is 9.59 Å². The summed E-state index contributed by atoms with van der Waals surface area (Å²) in [5.41, 5.74) is -0.821. The van der Waals surface area contributed by atoms with Crippen molar-refractivity contribution in [2.24, 2.45) is 5.92 Å². The molecule has 0 saturated carbocycles. The maximum Gasteiger partial charge on any atom is 0.248 e. The third-order valence-corrected chi connectivity index (χ3v) is 5.38. The summed E-state index contributed by atoms with van der Waals surface area (Å²) in [4.78, 5) is 27.9. The summed E-state index contributed by atoms with van der Waals surface area (Å²) in [5.74, 6) is 0.0403. The van der Waals surface area contributed by atoms with Crippen molar-refractivity contribution in [3.8, 4) is 0 Å². The smallest absolute Gasteiger partial charge is 0.248 e. The Morgan fingerprint density at radius 3 is 2.57 bits per heavy atom. The lowest BCUT2D eigenvalue weighted by Gasteiger charge is -2.44. The number of amides is 2. The van der Waals surface area contributed by atoms with Crippen LogP contribution in [-0.2, 0) is 16.0 Å². The molecule has 4 nitrogen and oxygen atoms in total. The molecule has 0 bridgehead atoms. The van der Waals surface area contributed by atoms with E-state index in [0.29, 0.717) is 6.54 Å². The van der Waals surface area contributed by atoms with Crippen LogP contribution in [0.5, 0.6) is 0 Å². The van der Waals surface area contributed by atoms with Gasteiger partial charge in [0.2, 0.25) is 11.8 Å². The summed E-state index contributed by atoms with van der Waals surface area (Å²) in [6.45, 7) is 8.05. The first-order chi connectivity index (χ1) is 9.72. The number of carbonyl (C=O) groups excluding carboxylic acids is 2. The molecule has 1 atom stereocenters. The number of hydrogen-bond donors (Lipinski definition) is 1. The minimum atomic E-state index is -0.821. The zero-order valence-corrected chi connectivity index (χ0v) is 15.2. The van der Waals surface area contributed by atoms with Gasteiger partial charge in [0.1, 0.15) is 11.6 Å². The van der Waals surface area contributed by atoms with E-state index in [1.54, 1.807) is 30.1 Å². The first kappa shape index (κ1) is 16.5. The second-order valence-corrected chi connectivity index (χ2v) is 8.81. The highest BCUT2D eigenvalue weighted by Gasteiger charge is 2.45. The van der Waals surface area contributed by atoms with Crippen LogP contribution >= 0.6 is 27.3 Å². The molecule has 2 rings (SSSR count). The van der Waals surface area contributed by atoms with Crippen molar-refractivity contribution in [3.63, 3.8) is 0 Å². The number of halogens is 1. The van der Waals surface area contributed by atoms with Crippen LogP contribution < -0.4 is 5.32 Å². The SMILES string of the molecule is CC(C)C1C(=O)NC(C)(C)C(=O)N1CCc1ccc(Br)s1. The van der Waals surface area contributed by atoms with Crippen molar-refractivity contribution in [3.05, 3.63) is 20.8 Å². The zero-order chi connectivity index (χ0) is 15.8. The summed E-state index contributed by atoms with van der Waals surface area (Å²) in [6.07, 6.45) is 0.772. The number of nitrogens with one attached hydrogen (secondary N) is 1. The molecule has 0 radical (unpaired) electrons. The topological polar surface area (TPSA) is 49.4 Å². The molecule has 2 heterocycles. The second-order valence-electron chi connectivity index (χ2n) is 6.26. The Balaban J connectivity index is 2.18. The van der Waals surface area contributed by atoms with E-state index in [-0.39, 0.29) is 23.8 Å². The molecule has 0 aliphatic carbocycles. The third-order valence-electron chi connectivity index (χ3n) is 3.70. The van der Waals surface area contributed by atoms with Crippen molar-refractivity contribution >= 4 is 39.1 Å². The number of piperazine rings is 1. The predicted molar refractivity (Wildman–Crippen MR) is 88.3 cm³/mol. The average Bonchev–Trinajstić information content (AvgIpc) is 2.76. The van der Waals surface area contributed by atoms with Crippen LogP contribution in [0.25, 0.3) is 0 Å². The van der Waals surface area contributed by atoms with Gasteiger partial charge in [-0.3, -0.25) is 9.59 Å². The van der Waals surface area contributed by atoms with E-state index in [4.69, 9.17) is 0 Å². The van der Waals surface area contributed by atoms with Gasteiger partial charge in [0.05, 0.1) is 3.79 Å². The first-order valence-corrected chi connectivity index (χ1v) is 8.70. The normalized spacial score (nSPS) is 21.8. The number of hydrogen-bond acceptors (Lipinski definition) is 3. The van der Waals surface area contributed by atoms with Gasteiger partial charge in [-0.25, -0.2) is 0 Å². The molecule has 1 aromatic heterocycles. The highest BCUT2D eigenvalue weighted by Crippen LogP contribution is 2.26. The van der Waals surface area contributed by atoms with E-state index < -0.39 is 5.54 Å². The molecule has 116 valence electrons. The lowest BCUT2D eigenvalue weighted by Crippen LogP contribution is -2.69. The van der Waals surface area contributed by atoms with E-state index in [1.165, 1.54) is 4.88 Å². The van der Waals surface area contributed by atoms with Crippen molar-refractivity contribution in [1.82, 2.24) is 10.2 Å². The average molecular weight is 373 g/mol. The fourth-order valence-corrected chi connectivity index (χ4v) is 4.15. The molecule has 2 amide bonds. The molecule has 1 fully saturated rings. The number of rotatable bonds is 4. The highest BCUT2D eigenvalue weighted by atomic mass is 79.9. The molecule has 6 heteroatoms. The Morgan fingerprint density at radius 2 is 2.05 bits per heavy atom. The van der Waals surface area contributed by atoms with Gasteiger partial charge in [-0.05, 0) is 54.2 Å². The maximum absolute atomic E-state index is 12.6.